The molecule has 0 N–H and O–H groups in total. The normalized spacial score (nSPS) is 15.6. The Morgan fingerprint density at radius 1 is 0.857 bits per heavy atom. The molecule has 0 radical (unpaired) electrons. The summed E-state index contributed by atoms with van der Waals surface area (Å²) in [6.45, 7) is 13.6. The quantitative estimate of drug-likeness (QED) is 0.485. The Morgan fingerprint density at radius 2 is 1.43 bits per heavy atom. The van der Waals surface area contributed by atoms with Crippen molar-refractivity contribution in [3.8, 4) is 11.3 Å². The molecule has 3 rings (SSSR count). The van der Waals surface area contributed by atoms with Crippen LogP contribution in [0.1, 0.15) is 90.3 Å². The third-order valence-electron chi connectivity index (χ3n) is 5.58. The summed E-state index contributed by atoms with van der Waals surface area (Å²) in [5.41, 5.74) is 7.42. The van der Waals surface area contributed by atoms with Gasteiger partial charge in [0.25, 0.3) is 0 Å². The average Bonchev–Trinajstić information content (AvgIpc) is 2.62. The van der Waals surface area contributed by atoms with Gasteiger partial charge in [0.15, 0.2) is 0 Å². The fraction of sp³-hybridized carbons (Fsp3) is 0.520. The molecule has 0 spiro atoms. The van der Waals surface area contributed by atoms with Crippen molar-refractivity contribution in [2.24, 2.45) is 0 Å². The molecule has 150 valence electrons. The van der Waals surface area contributed by atoms with Gasteiger partial charge >= 0.3 is 0 Å². The van der Waals surface area contributed by atoms with Gasteiger partial charge in [-0.25, -0.2) is 9.97 Å². The molecule has 0 atom stereocenters. The van der Waals surface area contributed by atoms with Crippen LogP contribution >= 0.6 is 11.6 Å². The lowest BCUT2D eigenvalue weighted by atomic mass is 9.79. The predicted octanol–water partition coefficient (Wildman–Crippen LogP) is 7.74. The van der Waals surface area contributed by atoms with E-state index in [0.29, 0.717) is 5.28 Å². The van der Waals surface area contributed by atoms with Crippen LogP contribution in [0, 0.1) is 0 Å². The summed E-state index contributed by atoms with van der Waals surface area (Å²) in [4.78, 5) is 8.95. The van der Waals surface area contributed by atoms with E-state index in [2.05, 4.69) is 75.8 Å². The first-order valence-corrected chi connectivity index (χ1v) is 10.8. The van der Waals surface area contributed by atoms with Gasteiger partial charge in [0.1, 0.15) is 0 Å². The van der Waals surface area contributed by atoms with Crippen molar-refractivity contribution in [3.63, 3.8) is 0 Å². The van der Waals surface area contributed by atoms with Gasteiger partial charge in [-0.1, -0.05) is 65.7 Å². The van der Waals surface area contributed by atoms with E-state index in [-0.39, 0.29) is 10.8 Å². The number of rotatable bonds is 2. The summed E-state index contributed by atoms with van der Waals surface area (Å²) in [6, 6.07) is 6.89. The zero-order chi connectivity index (χ0) is 20.5. The topological polar surface area (TPSA) is 25.8 Å². The van der Waals surface area contributed by atoms with Gasteiger partial charge in [-0.15, -0.1) is 0 Å². The lowest BCUT2D eigenvalue weighted by molar-refractivity contribution is 0.569. The number of nitrogens with zero attached hydrogens (tertiary/aromatic N) is 2. The molecular weight excluding hydrogens is 364 g/mol. The minimum absolute atomic E-state index is 0.0643. The Hall–Kier alpha value is -1.67. The number of hydrogen-bond acceptors (Lipinski definition) is 2. The number of allylic oxidation sites excluding steroid dienone is 1. The molecule has 1 saturated carbocycles. The SMILES string of the molecule is CC(C)(C)c1cc(-c2nc(Cl)ncc2C=C2CCCCC2)cc(C(C)(C)C)c1. The highest BCUT2D eigenvalue weighted by Gasteiger charge is 2.22. The molecule has 1 aliphatic rings. The van der Waals surface area contributed by atoms with Gasteiger partial charge in [0, 0.05) is 17.3 Å². The van der Waals surface area contributed by atoms with Gasteiger partial charge in [-0.05, 0) is 71.4 Å². The third kappa shape index (κ3) is 5.03. The van der Waals surface area contributed by atoms with Crippen LogP contribution in [0.2, 0.25) is 5.28 Å². The Morgan fingerprint density at radius 3 is 1.96 bits per heavy atom. The van der Waals surface area contributed by atoms with Crippen molar-refractivity contribution < 1.29 is 0 Å². The maximum Gasteiger partial charge on any atom is 0.222 e. The van der Waals surface area contributed by atoms with Crippen molar-refractivity contribution >= 4 is 17.7 Å². The Kier molecular flexibility index (Phi) is 6.00. The van der Waals surface area contributed by atoms with E-state index < -0.39 is 0 Å². The zero-order valence-corrected chi connectivity index (χ0v) is 19.0. The maximum atomic E-state index is 6.23. The highest BCUT2D eigenvalue weighted by molar-refractivity contribution is 6.28. The largest absolute Gasteiger partial charge is 0.226 e. The van der Waals surface area contributed by atoms with E-state index >= 15 is 0 Å². The van der Waals surface area contributed by atoms with Crippen molar-refractivity contribution in [1.82, 2.24) is 9.97 Å². The maximum absolute atomic E-state index is 6.23. The number of halogens is 1. The Labute approximate surface area is 175 Å². The fourth-order valence-corrected chi connectivity index (χ4v) is 3.84. The van der Waals surface area contributed by atoms with Crippen LogP contribution in [-0.2, 0) is 10.8 Å². The lowest BCUT2D eigenvalue weighted by Crippen LogP contribution is -2.16. The summed E-state index contributed by atoms with van der Waals surface area (Å²) >= 11 is 6.23. The third-order valence-corrected chi connectivity index (χ3v) is 5.76. The number of hydrogen-bond donors (Lipinski definition) is 0. The summed E-state index contributed by atoms with van der Waals surface area (Å²) in [5, 5.41) is 0.305. The Bertz CT molecular complexity index is 842. The van der Waals surface area contributed by atoms with E-state index in [1.165, 1.54) is 48.8 Å². The van der Waals surface area contributed by atoms with E-state index in [1.807, 2.05) is 6.20 Å². The molecule has 2 nitrogen and oxygen atoms in total. The van der Waals surface area contributed by atoms with Crippen LogP contribution in [0.25, 0.3) is 17.3 Å². The molecule has 1 fully saturated rings. The molecule has 0 bridgehead atoms. The molecular formula is C25H33ClN2. The lowest BCUT2D eigenvalue weighted by Gasteiger charge is -2.26. The van der Waals surface area contributed by atoms with Crippen molar-refractivity contribution in [2.75, 3.05) is 0 Å². The van der Waals surface area contributed by atoms with Gasteiger partial charge in [-0.3, -0.25) is 0 Å². The second-order valence-electron chi connectivity index (χ2n) is 10.1. The molecule has 28 heavy (non-hydrogen) atoms. The highest BCUT2D eigenvalue weighted by atomic mass is 35.5. The first-order valence-electron chi connectivity index (χ1n) is 10.4. The van der Waals surface area contributed by atoms with Crippen molar-refractivity contribution in [2.45, 2.75) is 84.5 Å². The summed E-state index contributed by atoms with van der Waals surface area (Å²) < 4.78 is 0. The molecule has 1 heterocycles. The molecule has 2 aromatic rings. The molecule has 1 aliphatic carbocycles. The summed E-state index contributed by atoms with van der Waals surface area (Å²) in [6.07, 6.45) is 10.4. The van der Waals surface area contributed by atoms with Gasteiger partial charge in [-0.2, -0.15) is 0 Å². The molecule has 1 aromatic heterocycles. The summed E-state index contributed by atoms with van der Waals surface area (Å²) in [5.74, 6) is 0. The van der Waals surface area contributed by atoms with Gasteiger partial charge in [0.2, 0.25) is 5.28 Å². The van der Waals surface area contributed by atoms with Crippen molar-refractivity contribution in [1.29, 1.82) is 0 Å². The minimum atomic E-state index is 0.0643. The molecule has 1 aromatic carbocycles. The zero-order valence-electron chi connectivity index (χ0n) is 18.2. The van der Waals surface area contributed by atoms with E-state index in [9.17, 15) is 0 Å². The van der Waals surface area contributed by atoms with E-state index in [1.54, 1.807) is 0 Å². The van der Waals surface area contributed by atoms with Crippen LogP contribution in [0.15, 0.2) is 30.0 Å². The second kappa shape index (κ2) is 7.99. The first kappa shape index (κ1) is 21.0. The van der Waals surface area contributed by atoms with Crippen molar-refractivity contribution in [3.05, 3.63) is 51.9 Å². The molecule has 0 unspecified atom stereocenters. The Balaban J connectivity index is 2.18. The van der Waals surface area contributed by atoms with Crippen LogP contribution in [0.4, 0.5) is 0 Å². The molecule has 0 amide bonds. The monoisotopic (exact) mass is 396 g/mol. The molecule has 3 heteroatoms. The second-order valence-corrected chi connectivity index (χ2v) is 10.4. The minimum Gasteiger partial charge on any atom is -0.226 e. The standard InChI is InChI=1S/C25H33ClN2/c1-24(2,3)20-13-18(14-21(15-20)25(4,5)6)22-19(16-27-23(26)28-22)12-17-10-8-7-9-11-17/h12-16H,7-11H2,1-6H3. The molecule has 0 saturated heterocycles. The van der Waals surface area contributed by atoms with Crippen LogP contribution < -0.4 is 0 Å². The number of aromatic nitrogens is 2. The van der Waals surface area contributed by atoms with E-state index in [4.69, 9.17) is 11.6 Å². The van der Waals surface area contributed by atoms with Crippen LogP contribution in [0.5, 0.6) is 0 Å². The average molecular weight is 397 g/mol. The number of benzene rings is 1. The predicted molar refractivity (Wildman–Crippen MR) is 121 cm³/mol. The van der Waals surface area contributed by atoms with Gasteiger partial charge < -0.3 is 0 Å². The first-order chi connectivity index (χ1) is 13.0. The van der Waals surface area contributed by atoms with E-state index in [0.717, 1.165) is 16.8 Å². The smallest absolute Gasteiger partial charge is 0.222 e. The van der Waals surface area contributed by atoms with Crippen LogP contribution in [-0.4, -0.2) is 9.97 Å². The fourth-order valence-electron chi connectivity index (χ4n) is 3.71. The van der Waals surface area contributed by atoms with Crippen LogP contribution in [0.3, 0.4) is 0 Å². The van der Waals surface area contributed by atoms with Gasteiger partial charge in [0.05, 0.1) is 5.69 Å². The summed E-state index contributed by atoms with van der Waals surface area (Å²) in [7, 11) is 0. The highest BCUT2D eigenvalue weighted by Crippen LogP contribution is 2.35. The molecule has 0 aliphatic heterocycles.